The SMILES string of the molecule is COc1ccc(CN(Cc2cccs2)C(C)C)cc1N. The van der Waals surface area contributed by atoms with E-state index in [0.717, 1.165) is 18.8 Å². The Kier molecular flexibility index (Phi) is 5.04. The summed E-state index contributed by atoms with van der Waals surface area (Å²) in [5, 5.41) is 2.12. The normalized spacial score (nSPS) is 11.2. The highest BCUT2D eigenvalue weighted by Gasteiger charge is 2.12. The Hall–Kier alpha value is -1.52. The third kappa shape index (κ3) is 3.74. The summed E-state index contributed by atoms with van der Waals surface area (Å²) in [6, 6.07) is 10.8. The average molecular weight is 290 g/mol. The molecule has 108 valence electrons. The summed E-state index contributed by atoms with van der Waals surface area (Å²) in [6.45, 7) is 6.31. The molecular formula is C16H22N2OS. The lowest BCUT2D eigenvalue weighted by molar-refractivity contribution is 0.205. The van der Waals surface area contributed by atoms with E-state index in [-0.39, 0.29) is 0 Å². The van der Waals surface area contributed by atoms with Crippen LogP contribution in [0.4, 0.5) is 5.69 Å². The zero-order valence-electron chi connectivity index (χ0n) is 12.3. The van der Waals surface area contributed by atoms with Gasteiger partial charge in [0.15, 0.2) is 0 Å². The zero-order valence-corrected chi connectivity index (χ0v) is 13.1. The van der Waals surface area contributed by atoms with Crippen LogP contribution in [0.5, 0.6) is 5.75 Å². The minimum atomic E-state index is 0.487. The molecule has 1 aromatic carbocycles. The minimum absolute atomic E-state index is 0.487. The van der Waals surface area contributed by atoms with Crippen molar-refractivity contribution >= 4 is 17.0 Å². The summed E-state index contributed by atoms with van der Waals surface area (Å²) in [5.74, 6) is 0.739. The lowest BCUT2D eigenvalue weighted by Crippen LogP contribution is -2.29. The van der Waals surface area contributed by atoms with Crippen molar-refractivity contribution in [3.8, 4) is 5.75 Å². The second kappa shape index (κ2) is 6.77. The molecule has 0 aliphatic carbocycles. The second-order valence-corrected chi connectivity index (χ2v) is 6.19. The fourth-order valence-electron chi connectivity index (χ4n) is 2.14. The van der Waals surface area contributed by atoms with Gasteiger partial charge in [-0.1, -0.05) is 12.1 Å². The first-order valence-electron chi connectivity index (χ1n) is 6.79. The van der Waals surface area contributed by atoms with Crippen LogP contribution in [-0.4, -0.2) is 18.1 Å². The van der Waals surface area contributed by atoms with Crippen LogP contribution in [0.2, 0.25) is 0 Å². The number of thiophene rings is 1. The monoisotopic (exact) mass is 290 g/mol. The van der Waals surface area contributed by atoms with Crippen LogP contribution in [0.3, 0.4) is 0 Å². The largest absolute Gasteiger partial charge is 0.495 e. The van der Waals surface area contributed by atoms with E-state index < -0.39 is 0 Å². The van der Waals surface area contributed by atoms with E-state index in [1.807, 2.05) is 12.1 Å². The molecular weight excluding hydrogens is 268 g/mol. The molecule has 20 heavy (non-hydrogen) atoms. The second-order valence-electron chi connectivity index (χ2n) is 5.15. The smallest absolute Gasteiger partial charge is 0.141 e. The van der Waals surface area contributed by atoms with Crippen LogP contribution >= 0.6 is 11.3 Å². The van der Waals surface area contributed by atoms with Crippen molar-refractivity contribution in [2.24, 2.45) is 0 Å². The summed E-state index contributed by atoms with van der Waals surface area (Å²) in [5.41, 5.74) is 7.89. The highest BCUT2D eigenvalue weighted by molar-refractivity contribution is 7.09. The highest BCUT2D eigenvalue weighted by atomic mass is 32.1. The van der Waals surface area contributed by atoms with Crippen molar-refractivity contribution in [1.29, 1.82) is 0 Å². The molecule has 2 N–H and O–H groups in total. The Balaban J connectivity index is 2.10. The number of nitrogens with zero attached hydrogens (tertiary/aromatic N) is 1. The Morgan fingerprint density at radius 1 is 1.25 bits per heavy atom. The van der Waals surface area contributed by atoms with Crippen molar-refractivity contribution in [3.63, 3.8) is 0 Å². The fraction of sp³-hybridized carbons (Fsp3) is 0.375. The lowest BCUT2D eigenvalue weighted by atomic mass is 10.1. The third-order valence-electron chi connectivity index (χ3n) is 3.35. The molecule has 0 atom stereocenters. The number of ether oxygens (including phenoxy) is 1. The van der Waals surface area contributed by atoms with Gasteiger partial charge in [-0.15, -0.1) is 11.3 Å². The van der Waals surface area contributed by atoms with Crippen LogP contribution in [0.25, 0.3) is 0 Å². The number of hydrogen-bond donors (Lipinski definition) is 1. The van der Waals surface area contributed by atoms with Crippen molar-refractivity contribution in [2.75, 3.05) is 12.8 Å². The molecule has 0 radical (unpaired) electrons. The molecule has 0 spiro atoms. The summed E-state index contributed by atoms with van der Waals surface area (Å²) >= 11 is 1.80. The van der Waals surface area contributed by atoms with E-state index >= 15 is 0 Å². The number of benzene rings is 1. The Morgan fingerprint density at radius 2 is 2.05 bits per heavy atom. The average Bonchev–Trinajstić information content (AvgIpc) is 2.91. The predicted octanol–water partition coefficient (Wildman–Crippen LogP) is 3.75. The van der Waals surface area contributed by atoms with Gasteiger partial charge in [0, 0.05) is 24.0 Å². The van der Waals surface area contributed by atoms with E-state index in [1.54, 1.807) is 18.4 Å². The van der Waals surface area contributed by atoms with Gasteiger partial charge in [0.05, 0.1) is 12.8 Å². The van der Waals surface area contributed by atoms with Crippen LogP contribution in [0.15, 0.2) is 35.7 Å². The quantitative estimate of drug-likeness (QED) is 0.823. The summed E-state index contributed by atoms with van der Waals surface area (Å²) < 4.78 is 5.20. The van der Waals surface area contributed by atoms with Crippen LogP contribution in [-0.2, 0) is 13.1 Å². The number of rotatable bonds is 6. The molecule has 0 saturated heterocycles. The summed E-state index contributed by atoms with van der Waals surface area (Å²) in [6.07, 6.45) is 0. The summed E-state index contributed by atoms with van der Waals surface area (Å²) in [4.78, 5) is 3.83. The van der Waals surface area contributed by atoms with E-state index in [1.165, 1.54) is 10.4 Å². The van der Waals surface area contributed by atoms with Gasteiger partial charge in [-0.25, -0.2) is 0 Å². The molecule has 3 nitrogen and oxygen atoms in total. The molecule has 0 aliphatic rings. The van der Waals surface area contributed by atoms with E-state index in [0.29, 0.717) is 11.7 Å². The maximum atomic E-state index is 5.98. The molecule has 0 amide bonds. The Labute approximate surface area is 125 Å². The van der Waals surface area contributed by atoms with Crippen molar-refractivity contribution in [1.82, 2.24) is 4.90 Å². The van der Waals surface area contributed by atoms with E-state index in [2.05, 4.69) is 42.3 Å². The number of methoxy groups -OCH3 is 1. The van der Waals surface area contributed by atoms with Crippen LogP contribution in [0.1, 0.15) is 24.3 Å². The Bertz CT molecular complexity index is 537. The van der Waals surface area contributed by atoms with Gasteiger partial charge in [0.2, 0.25) is 0 Å². The van der Waals surface area contributed by atoms with Gasteiger partial charge in [0.25, 0.3) is 0 Å². The van der Waals surface area contributed by atoms with Gasteiger partial charge in [0.1, 0.15) is 5.75 Å². The van der Waals surface area contributed by atoms with Crippen molar-refractivity contribution in [3.05, 3.63) is 46.2 Å². The maximum Gasteiger partial charge on any atom is 0.141 e. The van der Waals surface area contributed by atoms with Gasteiger partial charge < -0.3 is 10.5 Å². The molecule has 2 aromatic rings. The number of anilines is 1. The van der Waals surface area contributed by atoms with Crippen LogP contribution < -0.4 is 10.5 Å². The summed E-state index contributed by atoms with van der Waals surface area (Å²) in [7, 11) is 1.64. The van der Waals surface area contributed by atoms with Gasteiger partial charge in [-0.05, 0) is 43.0 Å². The minimum Gasteiger partial charge on any atom is -0.495 e. The molecule has 0 unspecified atom stereocenters. The molecule has 0 saturated carbocycles. The lowest BCUT2D eigenvalue weighted by Gasteiger charge is -2.26. The first-order valence-corrected chi connectivity index (χ1v) is 7.67. The number of hydrogen-bond acceptors (Lipinski definition) is 4. The van der Waals surface area contributed by atoms with Gasteiger partial charge in [-0.2, -0.15) is 0 Å². The van der Waals surface area contributed by atoms with Gasteiger partial charge in [-0.3, -0.25) is 4.90 Å². The molecule has 1 aromatic heterocycles. The molecule has 0 bridgehead atoms. The molecule has 4 heteroatoms. The van der Waals surface area contributed by atoms with Gasteiger partial charge >= 0.3 is 0 Å². The molecule has 2 rings (SSSR count). The maximum absolute atomic E-state index is 5.98. The van der Waals surface area contributed by atoms with Crippen molar-refractivity contribution < 1.29 is 4.74 Å². The molecule has 0 aliphatic heterocycles. The number of nitrogens with two attached hydrogens (primary N) is 1. The first-order chi connectivity index (χ1) is 9.60. The molecule has 1 heterocycles. The Morgan fingerprint density at radius 3 is 2.60 bits per heavy atom. The third-order valence-corrected chi connectivity index (χ3v) is 4.21. The standard InChI is InChI=1S/C16H22N2OS/c1-12(2)18(11-14-5-4-8-20-14)10-13-6-7-16(19-3)15(17)9-13/h4-9,12H,10-11,17H2,1-3H3. The van der Waals surface area contributed by atoms with Crippen molar-refractivity contribution in [2.45, 2.75) is 33.0 Å². The van der Waals surface area contributed by atoms with E-state index in [4.69, 9.17) is 10.5 Å². The van der Waals surface area contributed by atoms with Crippen LogP contribution in [0, 0.1) is 0 Å². The number of nitrogen functional groups attached to an aromatic ring is 1. The topological polar surface area (TPSA) is 38.5 Å². The highest BCUT2D eigenvalue weighted by Crippen LogP contribution is 2.24. The predicted molar refractivity (Wildman–Crippen MR) is 86.1 cm³/mol. The first kappa shape index (κ1) is 14.9. The zero-order chi connectivity index (χ0) is 14.5. The molecule has 0 fully saturated rings. The van der Waals surface area contributed by atoms with E-state index in [9.17, 15) is 0 Å². The fourth-order valence-corrected chi connectivity index (χ4v) is 2.87.